The first-order chi connectivity index (χ1) is 6.86. The van der Waals surface area contributed by atoms with Crippen LogP contribution in [-0.2, 0) is 0 Å². The van der Waals surface area contributed by atoms with E-state index in [0.717, 1.165) is 13.1 Å². The van der Waals surface area contributed by atoms with Gasteiger partial charge in [-0.1, -0.05) is 6.92 Å². The lowest BCUT2D eigenvalue weighted by Gasteiger charge is -2.14. The van der Waals surface area contributed by atoms with Crippen molar-refractivity contribution in [2.24, 2.45) is 5.92 Å². The van der Waals surface area contributed by atoms with Crippen molar-refractivity contribution in [2.45, 2.75) is 31.7 Å². The van der Waals surface area contributed by atoms with E-state index in [1.54, 1.807) is 0 Å². The van der Waals surface area contributed by atoms with Crippen molar-refractivity contribution in [1.82, 2.24) is 20.1 Å². The second-order valence-corrected chi connectivity index (χ2v) is 4.57. The molecule has 2 heterocycles. The lowest BCUT2D eigenvalue weighted by Crippen LogP contribution is -2.14. The molecule has 1 aliphatic heterocycles. The molecule has 4 nitrogen and oxygen atoms in total. The van der Waals surface area contributed by atoms with Gasteiger partial charge in [0.1, 0.15) is 12.2 Å². The van der Waals surface area contributed by atoms with Crippen molar-refractivity contribution in [1.29, 1.82) is 0 Å². The second-order valence-electron chi connectivity index (χ2n) is 4.57. The first kappa shape index (κ1) is 8.41. The van der Waals surface area contributed by atoms with Gasteiger partial charge in [0.15, 0.2) is 0 Å². The van der Waals surface area contributed by atoms with E-state index in [2.05, 4.69) is 27.0 Å². The molecule has 1 saturated heterocycles. The van der Waals surface area contributed by atoms with Crippen molar-refractivity contribution in [3.63, 3.8) is 0 Å². The zero-order valence-corrected chi connectivity index (χ0v) is 8.48. The van der Waals surface area contributed by atoms with Gasteiger partial charge >= 0.3 is 0 Å². The van der Waals surface area contributed by atoms with Crippen LogP contribution >= 0.6 is 0 Å². The number of hydrogen-bond acceptors (Lipinski definition) is 3. The van der Waals surface area contributed by atoms with Crippen LogP contribution in [0.25, 0.3) is 0 Å². The Bertz CT molecular complexity index is 329. The van der Waals surface area contributed by atoms with Crippen LogP contribution < -0.4 is 5.32 Å². The molecule has 2 fully saturated rings. The summed E-state index contributed by atoms with van der Waals surface area (Å²) in [6.07, 6.45) is 4.51. The van der Waals surface area contributed by atoms with Gasteiger partial charge in [-0.2, -0.15) is 0 Å². The van der Waals surface area contributed by atoms with Gasteiger partial charge < -0.3 is 9.88 Å². The van der Waals surface area contributed by atoms with Crippen molar-refractivity contribution < 1.29 is 0 Å². The molecule has 0 spiro atoms. The number of aromatic nitrogens is 3. The highest BCUT2D eigenvalue weighted by molar-refractivity contribution is 5.06. The van der Waals surface area contributed by atoms with Crippen molar-refractivity contribution in [2.75, 3.05) is 13.1 Å². The zero-order valence-electron chi connectivity index (χ0n) is 8.48. The summed E-state index contributed by atoms with van der Waals surface area (Å²) < 4.78 is 2.29. The normalized spacial score (nSPS) is 32.4. The Morgan fingerprint density at radius 1 is 1.43 bits per heavy atom. The van der Waals surface area contributed by atoms with Crippen LogP contribution in [0.15, 0.2) is 6.33 Å². The van der Waals surface area contributed by atoms with Gasteiger partial charge in [-0.15, -0.1) is 10.2 Å². The molecule has 1 aliphatic carbocycles. The Labute approximate surface area is 83.7 Å². The molecule has 4 heteroatoms. The fourth-order valence-corrected chi connectivity index (χ4v) is 2.31. The predicted molar refractivity (Wildman–Crippen MR) is 53.1 cm³/mol. The maximum absolute atomic E-state index is 4.28. The second kappa shape index (κ2) is 3.05. The molecule has 0 radical (unpaired) electrons. The average molecular weight is 192 g/mol. The Hall–Kier alpha value is -0.900. The van der Waals surface area contributed by atoms with Crippen LogP contribution in [0.2, 0.25) is 0 Å². The molecule has 76 valence electrons. The minimum Gasteiger partial charge on any atom is -0.316 e. The summed E-state index contributed by atoms with van der Waals surface area (Å²) in [6, 6.07) is 0.702. The summed E-state index contributed by atoms with van der Waals surface area (Å²) >= 11 is 0. The highest BCUT2D eigenvalue weighted by Crippen LogP contribution is 2.38. The number of hydrogen-bond donors (Lipinski definition) is 1. The minimum absolute atomic E-state index is 0.568. The van der Waals surface area contributed by atoms with E-state index < -0.39 is 0 Å². The topological polar surface area (TPSA) is 42.7 Å². The van der Waals surface area contributed by atoms with E-state index in [1.165, 1.54) is 18.7 Å². The molecule has 0 aromatic carbocycles. The average Bonchev–Trinajstić information content (AvgIpc) is 2.75. The molecule has 0 bridgehead atoms. The largest absolute Gasteiger partial charge is 0.316 e. The van der Waals surface area contributed by atoms with Gasteiger partial charge in [0.2, 0.25) is 0 Å². The van der Waals surface area contributed by atoms with E-state index in [-0.39, 0.29) is 0 Å². The van der Waals surface area contributed by atoms with Crippen LogP contribution in [0, 0.1) is 5.92 Å². The molecular weight excluding hydrogens is 176 g/mol. The van der Waals surface area contributed by atoms with Gasteiger partial charge in [0, 0.05) is 18.5 Å². The third-order valence-corrected chi connectivity index (χ3v) is 3.39. The quantitative estimate of drug-likeness (QED) is 0.758. The smallest absolute Gasteiger partial charge is 0.137 e. The Morgan fingerprint density at radius 2 is 2.29 bits per heavy atom. The fraction of sp³-hybridized carbons (Fsp3) is 0.800. The lowest BCUT2D eigenvalue weighted by atomic mass is 9.97. The van der Waals surface area contributed by atoms with Gasteiger partial charge in [0.25, 0.3) is 0 Å². The molecule has 1 aromatic heterocycles. The minimum atomic E-state index is 0.568. The van der Waals surface area contributed by atoms with Crippen molar-refractivity contribution in [3.05, 3.63) is 12.2 Å². The van der Waals surface area contributed by atoms with E-state index in [9.17, 15) is 0 Å². The molecule has 2 atom stereocenters. The summed E-state index contributed by atoms with van der Waals surface area (Å²) in [7, 11) is 0. The highest BCUT2D eigenvalue weighted by atomic mass is 15.3. The summed E-state index contributed by atoms with van der Waals surface area (Å²) in [5, 5.41) is 11.7. The Balaban J connectivity index is 1.90. The third-order valence-electron chi connectivity index (χ3n) is 3.39. The number of rotatable bonds is 2. The van der Waals surface area contributed by atoms with Crippen molar-refractivity contribution >= 4 is 0 Å². The van der Waals surface area contributed by atoms with E-state index >= 15 is 0 Å². The molecule has 1 aromatic rings. The molecule has 0 amide bonds. The SMILES string of the molecule is CC1CNCC1c1nncn1C1CC1. The van der Waals surface area contributed by atoms with Gasteiger partial charge in [0.05, 0.1) is 0 Å². The first-order valence-electron chi connectivity index (χ1n) is 5.46. The van der Waals surface area contributed by atoms with Crippen LogP contribution in [0.4, 0.5) is 0 Å². The summed E-state index contributed by atoms with van der Waals surface area (Å²) in [4.78, 5) is 0. The summed E-state index contributed by atoms with van der Waals surface area (Å²) in [5.41, 5.74) is 0. The standard InChI is InChI=1S/C10H16N4/c1-7-4-11-5-9(7)10-13-12-6-14(10)8-2-3-8/h6-9,11H,2-5H2,1H3. The summed E-state index contributed by atoms with van der Waals surface area (Å²) in [6.45, 7) is 4.46. The predicted octanol–water partition coefficient (Wildman–Crippen LogP) is 0.936. The Morgan fingerprint density at radius 3 is 2.93 bits per heavy atom. The molecular formula is C10H16N4. The van der Waals surface area contributed by atoms with Crippen LogP contribution in [0.5, 0.6) is 0 Å². The van der Waals surface area contributed by atoms with Gasteiger partial charge in [-0.25, -0.2) is 0 Å². The first-order valence-corrected chi connectivity index (χ1v) is 5.46. The fourth-order valence-electron chi connectivity index (χ4n) is 2.31. The van der Waals surface area contributed by atoms with Crippen molar-refractivity contribution in [3.8, 4) is 0 Å². The molecule has 1 saturated carbocycles. The third kappa shape index (κ3) is 1.25. The van der Waals surface area contributed by atoms with Gasteiger partial charge in [-0.3, -0.25) is 0 Å². The van der Waals surface area contributed by atoms with Gasteiger partial charge in [-0.05, 0) is 25.3 Å². The van der Waals surface area contributed by atoms with E-state index in [0.29, 0.717) is 17.9 Å². The lowest BCUT2D eigenvalue weighted by molar-refractivity contribution is 0.514. The van der Waals surface area contributed by atoms with E-state index in [1.807, 2.05) is 6.33 Å². The van der Waals surface area contributed by atoms with Crippen LogP contribution in [-0.4, -0.2) is 27.9 Å². The monoisotopic (exact) mass is 192 g/mol. The molecule has 3 rings (SSSR count). The maximum Gasteiger partial charge on any atom is 0.137 e. The number of nitrogens with zero attached hydrogens (tertiary/aromatic N) is 3. The van der Waals surface area contributed by atoms with Crippen LogP contribution in [0.1, 0.15) is 37.5 Å². The molecule has 2 unspecified atom stereocenters. The molecule has 1 N–H and O–H groups in total. The highest BCUT2D eigenvalue weighted by Gasteiger charge is 2.33. The summed E-state index contributed by atoms with van der Waals surface area (Å²) in [5.74, 6) is 2.46. The zero-order chi connectivity index (χ0) is 9.54. The van der Waals surface area contributed by atoms with E-state index in [4.69, 9.17) is 0 Å². The maximum atomic E-state index is 4.28. The number of nitrogens with one attached hydrogen (secondary N) is 1. The molecule has 2 aliphatic rings. The van der Waals surface area contributed by atoms with Crippen LogP contribution in [0.3, 0.4) is 0 Å². The molecule has 14 heavy (non-hydrogen) atoms. The Kier molecular flexibility index (Phi) is 1.83.